The van der Waals surface area contributed by atoms with E-state index in [1.165, 1.54) is 5.56 Å². The zero-order valence-electron chi connectivity index (χ0n) is 14.9. The second-order valence-electron chi connectivity index (χ2n) is 6.75. The quantitative estimate of drug-likeness (QED) is 0.885. The Morgan fingerprint density at radius 3 is 2.00 bits per heavy atom. The normalized spacial score (nSPS) is 12.4. The Morgan fingerprint density at radius 1 is 0.958 bits per heavy atom. The van der Waals surface area contributed by atoms with Crippen LogP contribution in [0, 0.1) is 0 Å². The van der Waals surface area contributed by atoms with Crippen LogP contribution in [0.25, 0.3) is 0 Å². The van der Waals surface area contributed by atoms with Gasteiger partial charge in [0.15, 0.2) is 6.10 Å². The number of carbonyl (C=O) groups excluding carboxylic acids is 1. The van der Waals surface area contributed by atoms with Gasteiger partial charge in [-0.1, -0.05) is 32.9 Å². The Morgan fingerprint density at radius 2 is 1.50 bits per heavy atom. The van der Waals surface area contributed by atoms with Gasteiger partial charge in [0.1, 0.15) is 11.5 Å². The number of nitrogens with one attached hydrogen (secondary N) is 1. The van der Waals surface area contributed by atoms with E-state index in [1.54, 1.807) is 38.3 Å². The molecule has 0 saturated carbocycles. The van der Waals surface area contributed by atoms with Gasteiger partial charge in [-0.05, 0) is 54.3 Å². The van der Waals surface area contributed by atoms with E-state index in [9.17, 15) is 4.79 Å². The monoisotopic (exact) mass is 327 g/mol. The van der Waals surface area contributed by atoms with Gasteiger partial charge in [0.05, 0.1) is 7.11 Å². The first-order valence-corrected chi connectivity index (χ1v) is 8.02. The Kier molecular flexibility index (Phi) is 5.50. The molecule has 2 aromatic carbocycles. The summed E-state index contributed by atoms with van der Waals surface area (Å²) in [6.45, 7) is 8.21. The van der Waals surface area contributed by atoms with Gasteiger partial charge in [-0.2, -0.15) is 0 Å². The molecule has 4 heteroatoms. The number of hydrogen-bond acceptors (Lipinski definition) is 3. The summed E-state index contributed by atoms with van der Waals surface area (Å²) in [6.07, 6.45) is -0.590. The zero-order chi connectivity index (χ0) is 17.7. The molecule has 0 radical (unpaired) electrons. The minimum Gasteiger partial charge on any atom is -0.497 e. The predicted octanol–water partition coefficient (Wildman–Crippen LogP) is 4.40. The molecule has 1 amide bonds. The van der Waals surface area contributed by atoms with Crippen molar-refractivity contribution in [2.45, 2.75) is 39.2 Å². The van der Waals surface area contributed by atoms with Crippen LogP contribution >= 0.6 is 0 Å². The number of ether oxygens (including phenoxy) is 2. The van der Waals surface area contributed by atoms with Crippen molar-refractivity contribution in [2.24, 2.45) is 0 Å². The molecule has 0 aromatic heterocycles. The molecule has 1 N–H and O–H groups in total. The second-order valence-corrected chi connectivity index (χ2v) is 6.75. The molecule has 1 unspecified atom stereocenters. The number of rotatable bonds is 5. The largest absolute Gasteiger partial charge is 0.497 e. The molecule has 2 aromatic rings. The van der Waals surface area contributed by atoms with Gasteiger partial charge in [-0.15, -0.1) is 0 Å². The van der Waals surface area contributed by atoms with Gasteiger partial charge in [0, 0.05) is 5.69 Å². The average Bonchev–Trinajstić information content (AvgIpc) is 2.55. The zero-order valence-corrected chi connectivity index (χ0v) is 14.9. The summed E-state index contributed by atoms with van der Waals surface area (Å²) in [5.41, 5.74) is 2.03. The van der Waals surface area contributed by atoms with Crippen molar-refractivity contribution in [1.29, 1.82) is 0 Å². The molecule has 4 nitrogen and oxygen atoms in total. The minimum atomic E-state index is -0.590. The third kappa shape index (κ3) is 4.75. The standard InChI is InChI=1S/C20H25NO3/c1-14(19(22)21-16-8-12-17(23-5)13-9-16)24-18-10-6-15(7-11-18)20(2,3)4/h6-14H,1-5H3,(H,21,22). The van der Waals surface area contributed by atoms with Crippen LogP contribution in [0.15, 0.2) is 48.5 Å². The molecule has 0 heterocycles. The summed E-state index contributed by atoms with van der Waals surface area (Å²) in [5, 5.41) is 2.83. The van der Waals surface area contributed by atoms with E-state index >= 15 is 0 Å². The molecule has 0 bridgehead atoms. The van der Waals surface area contributed by atoms with Crippen molar-refractivity contribution in [3.05, 3.63) is 54.1 Å². The van der Waals surface area contributed by atoms with Crippen molar-refractivity contribution in [2.75, 3.05) is 12.4 Å². The van der Waals surface area contributed by atoms with Gasteiger partial charge in [0.25, 0.3) is 5.91 Å². The van der Waals surface area contributed by atoms with E-state index in [0.29, 0.717) is 11.4 Å². The van der Waals surface area contributed by atoms with Crippen molar-refractivity contribution < 1.29 is 14.3 Å². The Balaban J connectivity index is 1.95. The third-order valence-corrected chi connectivity index (χ3v) is 3.76. The maximum Gasteiger partial charge on any atom is 0.265 e. The molecule has 0 aliphatic carbocycles. The van der Waals surface area contributed by atoms with Crippen LogP contribution in [0.5, 0.6) is 11.5 Å². The van der Waals surface area contributed by atoms with Crippen LogP contribution in [0.3, 0.4) is 0 Å². The van der Waals surface area contributed by atoms with E-state index in [1.807, 2.05) is 24.3 Å². The van der Waals surface area contributed by atoms with Crippen molar-refractivity contribution >= 4 is 11.6 Å². The van der Waals surface area contributed by atoms with E-state index < -0.39 is 6.10 Å². The molecule has 0 aliphatic heterocycles. The van der Waals surface area contributed by atoms with Gasteiger partial charge in [0.2, 0.25) is 0 Å². The molecule has 128 valence electrons. The van der Waals surface area contributed by atoms with Gasteiger partial charge in [-0.25, -0.2) is 0 Å². The molecule has 0 saturated heterocycles. The molecule has 2 rings (SSSR count). The Hall–Kier alpha value is -2.49. The fourth-order valence-electron chi connectivity index (χ4n) is 2.21. The second kappa shape index (κ2) is 7.39. The summed E-state index contributed by atoms with van der Waals surface area (Å²) in [7, 11) is 1.61. The first kappa shape index (κ1) is 17.9. The average molecular weight is 327 g/mol. The number of benzene rings is 2. The summed E-state index contributed by atoms with van der Waals surface area (Å²) >= 11 is 0. The van der Waals surface area contributed by atoms with Gasteiger partial charge in [-0.3, -0.25) is 4.79 Å². The fraction of sp³-hybridized carbons (Fsp3) is 0.350. The molecule has 0 aliphatic rings. The summed E-state index contributed by atoms with van der Waals surface area (Å²) in [6, 6.07) is 15.0. The number of carbonyl (C=O) groups is 1. The lowest BCUT2D eigenvalue weighted by molar-refractivity contribution is -0.122. The molecule has 0 spiro atoms. The highest BCUT2D eigenvalue weighted by atomic mass is 16.5. The van der Waals surface area contributed by atoms with Crippen molar-refractivity contribution in [1.82, 2.24) is 0 Å². The first-order chi connectivity index (χ1) is 11.3. The Labute approximate surface area is 143 Å². The molecule has 24 heavy (non-hydrogen) atoms. The van der Waals surface area contributed by atoms with E-state index in [2.05, 4.69) is 26.1 Å². The van der Waals surface area contributed by atoms with Crippen LogP contribution in [-0.4, -0.2) is 19.1 Å². The van der Waals surface area contributed by atoms with Crippen LogP contribution in [-0.2, 0) is 10.2 Å². The molecular weight excluding hydrogens is 302 g/mol. The highest BCUT2D eigenvalue weighted by Crippen LogP contribution is 2.24. The maximum atomic E-state index is 12.2. The SMILES string of the molecule is COc1ccc(NC(=O)C(C)Oc2ccc(C(C)(C)C)cc2)cc1. The summed E-state index contributed by atoms with van der Waals surface area (Å²) in [5.74, 6) is 1.23. The van der Waals surface area contributed by atoms with Crippen LogP contribution < -0.4 is 14.8 Å². The number of amides is 1. The summed E-state index contributed by atoms with van der Waals surface area (Å²) < 4.78 is 10.8. The lowest BCUT2D eigenvalue weighted by Gasteiger charge is -2.20. The van der Waals surface area contributed by atoms with E-state index in [-0.39, 0.29) is 11.3 Å². The third-order valence-electron chi connectivity index (χ3n) is 3.76. The van der Waals surface area contributed by atoms with E-state index in [4.69, 9.17) is 9.47 Å². The number of anilines is 1. The van der Waals surface area contributed by atoms with Crippen LogP contribution in [0.4, 0.5) is 5.69 Å². The molecular formula is C20H25NO3. The van der Waals surface area contributed by atoms with Crippen molar-refractivity contribution in [3.8, 4) is 11.5 Å². The number of hydrogen-bond donors (Lipinski definition) is 1. The van der Waals surface area contributed by atoms with E-state index in [0.717, 1.165) is 5.75 Å². The highest BCUT2D eigenvalue weighted by molar-refractivity contribution is 5.94. The molecule has 0 fully saturated rings. The lowest BCUT2D eigenvalue weighted by atomic mass is 9.87. The van der Waals surface area contributed by atoms with Crippen LogP contribution in [0.2, 0.25) is 0 Å². The topological polar surface area (TPSA) is 47.6 Å². The fourth-order valence-corrected chi connectivity index (χ4v) is 2.21. The maximum absolute atomic E-state index is 12.2. The highest BCUT2D eigenvalue weighted by Gasteiger charge is 2.16. The smallest absolute Gasteiger partial charge is 0.265 e. The minimum absolute atomic E-state index is 0.0931. The number of methoxy groups -OCH3 is 1. The Bertz CT molecular complexity index is 670. The molecule has 1 atom stereocenters. The predicted molar refractivity (Wildman–Crippen MR) is 96.9 cm³/mol. The van der Waals surface area contributed by atoms with Gasteiger partial charge < -0.3 is 14.8 Å². The van der Waals surface area contributed by atoms with Crippen molar-refractivity contribution in [3.63, 3.8) is 0 Å². The first-order valence-electron chi connectivity index (χ1n) is 8.02. The van der Waals surface area contributed by atoms with Crippen LogP contribution in [0.1, 0.15) is 33.3 Å². The summed E-state index contributed by atoms with van der Waals surface area (Å²) in [4.78, 5) is 12.2. The van der Waals surface area contributed by atoms with Gasteiger partial charge >= 0.3 is 0 Å². The lowest BCUT2D eigenvalue weighted by Crippen LogP contribution is -2.30.